The van der Waals surface area contributed by atoms with Crippen LogP contribution in [0.25, 0.3) is 11.2 Å². The van der Waals surface area contributed by atoms with Crippen molar-refractivity contribution in [1.29, 1.82) is 0 Å². The van der Waals surface area contributed by atoms with Gasteiger partial charge >= 0.3 is 6.18 Å². The summed E-state index contributed by atoms with van der Waals surface area (Å²) >= 11 is 0. The molecule has 1 fully saturated rings. The zero-order valence-electron chi connectivity index (χ0n) is 15.1. The van der Waals surface area contributed by atoms with Gasteiger partial charge in [-0.2, -0.15) is 13.2 Å². The summed E-state index contributed by atoms with van der Waals surface area (Å²) in [7, 11) is 1.98. The second-order valence-electron chi connectivity index (χ2n) is 7.10. The lowest BCUT2D eigenvalue weighted by molar-refractivity contribution is -0.137. The summed E-state index contributed by atoms with van der Waals surface area (Å²) in [6, 6.07) is 9.47. The van der Waals surface area contributed by atoms with Gasteiger partial charge in [0, 0.05) is 13.2 Å². The topological polar surface area (TPSA) is 34.0 Å². The first-order chi connectivity index (χ1) is 12.9. The number of imidazole rings is 1. The number of piperidine rings is 1. The molecule has 27 heavy (non-hydrogen) atoms. The molecule has 0 amide bonds. The second-order valence-corrected chi connectivity index (χ2v) is 7.10. The second kappa shape index (κ2) is 6.96. The molecule has 0 aliphatic carbocycles. The Bertz CT molecular complexity index is 923. The van der Waals surface area contributed by atoms with Gasteiger partial charge in [0.15, 0.2) is 5.65 Å². The van der Waals surface area contributed by atoms with Crippen molar-refractivity contribution in [3.05, 3.63) is 59.5 Å². The predicted molar refractivity (Wildman–Crippen MR) is 97.2 cm³/mol. The molecule has 3 heterocycles. The number of alkyl halides is 3. The van der Waals surface area contributed by atoms with Gasteiger partial charge in [-0.25, -0.2) is 9.97 Å². The maximum atomic E-state index is 12.7. The average Bonchev–Trinajstić information content (AvgIpc) is 2.98. The molecule has 1 aliphatic rings. The lowest BCUT2D eigenvalue weighted by Gasteiger charge is -2.32. The molecule has 0 spiro atoms. The fraction of sp³-hybridized carbons (Fsp3) is 0.400. The summed E-state index contributed by atoms with van der Waals surface area (Å²) in [5.41, 5.74) is 2.19. The average molecular weight is 374 g/mol. The van der Waals surface area contributed by atoms with E-state index in [0.29, 0.717) is 5.92 Å². The van der Waals surface area contributed by atoms with E-state index in [-0.39, 0.29) is 0 Å². The van der Waals surface area contributed by atoms with E-state index in [1.54, 1.807) is 18.3 Å². The van der Waals surface area contributed by atoms with Crippen LogP contribution in [0.3, 0.4) is 0 Å². The van der Waals surface area contributed by atoms with Crippen LogP contribution in [-0.2, 0) is 19.8 Å². The first-order valence-corrected chi connectivity index (χ1v) is 9.07. The highest BCUT2D eigenvalue weighted by atomic mass is 19.4. The lowest BCUT2D eigenvalue weighted by Crippen LogP contribution is -2.33. The van der Waals surface area contributed by atoms with Crippen LogP contribution in [0, 0.1) is 0 Å². The summed E-state index contributed by atoms with van der Waals surface area (Å²) in [6.45, 7) is 2.57. The van der Waals surface area contributed by atoms with E-state index < -0.39 is 11.7 Å². The van der Waals surface area contributed by atoms with E-state index in [1.165, 1.54) is 12.1 Å². The standard InChI is InChI=1S/C20H21F3N4/c1-26-18(25-17-3-2-10-24-19(17)26)13-27-11-8-15(9-12-27)14-4-6-16(7-5-14)20(21,22)23/h2-7,10,15H,8-9,11-13H2,1H3. The van der Waals surface area contributed by atoms with Gasteiger partial charge in [-0.05, 0) is 61.7 Å². The van der Waals surface area contributed by atoms with Crippen LogP contribution >= 0.6 is 0 Å². The molecule has 1 aromatic carbocycles. The Morgan fingerprint density at radius 3 is 2.41 bits per heavy atom. The van der Waals surface area contributed by atoms with Crippen LogP contribution in [0.2, 0.25) is 0 Å². The summed E-state index contributed by atoms with van der Waals surface area (Å²) < 4.78 is 40.2. The molecule has 7 heteroatoms. The van der Waals surface area contributed by atoms with Gasteiger partial charge < -0.3 is 4.57 Å². The number of pyridine rings is 1. The Morgan fingerprint density at radius 1 is 1.07 bits per heavy atom. The van der Waals surface area contributed by atoms with Gasteiger partial charge in [-0.15, -0.1) is 0 Å². The zero-order chi connectivity index (χ0) is 19.0. The monoisotopic (exact) mass is 374 g/mol. The van der Waals surface area contributed by atoms with Crippen molar-refractivity contribution in [3.63, 3.8) is 0 Å². The molecular formula is C20H21F3N4. The SMILES string of the molecule is Cn1c(CN2CCC(c3ccc(C(F)(F)F)cc3)CC2)nc2cccnc21. The fourth-order valence-electron chi connectivity index (χ4n) is 3.78. The lowest BCUT2D eigenvalue weighted by atomic mass is 9.89. The molecule has 2 aromatic heterocycles. The Balaban J connectivity index is 1.39. The van der Waals surface area contributed by atoms with Gasteiger partial charge in [0.2, 0.25) is 0 Å². The number of hydrogen-bond acceptors (Lipinski definition) is 3. The largest absolute Gasteiger partial charge is 0.416 e. The Labute approximate surface area is 155 Å². The molecule has 0 unspecified atom stereocenters. The summed E-state index contributed by atoms with van der Waals surface area (Å²) in [5, 5.41) is 0. The van der Waals surface area contributed by atoms with E-state index in [4.69, 9.17) is 0 Å². The van der Waals surface area contributed by atoms with Crippen molar-refractivity contribution >= 4 is 11.2 Å². The van der Waals surface area contributed by atoms with Crippen LogP contribution in [0.1, 0.15) is 35.7 Å². The molecule has 0 radical (unpaired) electrons. The summed E-state index contributed by atoms with van der Waals surface area (Å²) in [4.78, 5) is 11.4. The maximum absolute atomic E-state index is 12.7. The van der Waals surface area contributed by atoms with E-state index in [0.717, 1.165) is 55.0 Å². The van der Waals surface area contributed by atoms with E-state index in [9.17, 15) is 13.2 Å². The number of aromatic nitrogens is 3. The molecule has 0 N–H and O–H groups in total. The van der Waals surface area contributed by atoms with Crippen LogP contribution in [0.5, 0.6) is 0 Å². The highest BCUT2D eigenvalue weighted by molar-refractivity contribution is 5.70. The number of halogens is 3. The normalized spacial score (nSPS) is 16.9. The quantitative estimate of drug-likeness (QED) is 0.683. The summed E-state index contributed by atoms with van der Waals surface area (Å²) in [6.07, 6.45) is -0.632. The minimum absolute atomic E-state index is 0.311. The number of hydrogen-bond donors (Lipinski definition) is 0. The smallest absolute Gasteiger partial charge is 0.315 e. The van der Waals surface area contributed by atoms with Crippen molar-refractivity contribution in [2.45, 2.75) is 31.5 Å². The molecule has 0 atom stereocenters. The van der Waals surface area contributed by atoms with Gasteiger partial charge in [0.1, 0.15) is 11.3 Å². The van der Waals surface area contributed by atoms with E-state index in [1.807, 2.05) is 23.7 Å². The number of aryl methyl sites for hydroxylation is 1. The van der Waals surface area contributed by atoms with Gasteiger partial charge in [-0.1, -0.05) is 12.1 Å². The van der Waals surface area contributed by atoms with Crippen LogP contribution in [0.4, 0.5) is 13.2 Å². The van der Waals surface area contributed by atoms with Crippen molar-refractivity contribution < 1.29 is 13.2 Å². The fourth-order valence-corrected chi connectivity index (χ4v) is 3.78. The first kappa shape index (κ1) is 18.0. The molecule has 0 bridgehead atoms. The van der Waals surface area contributed by atoms with E-state index in [2.05, 4.69) is 14.9 Å². The molecule has 3 aromatic rings. The molecule has 4 rings (SSSR count). The molecule has 142 valence electrons. The van der Waals surface area contributed by atoms with Crippen molar-refractivity contribution in [1.82, 2.24) is 19.4 Å². The Kier molecular flexibility index (Phi) is 4.63. The Hall–Kier alpha value is -2.41. The first-order valence-electron chi connectivity index (χ1n) is 9.07. The van der Waals surface area contributed by atoms with Crippen LogP contribution in [-0.4, -0.2) is 32.5 Å². The minimum Gasteiger partial charge on any atom is -0.315 e. The van der Waals surface area contributed by atoms with E-state index >= 15 is 0 Å². The molecule has 1 aliphatic heterocycles. The molecule has 1 saturated heterocycles. The third-order valence-corrected chi connectivity index (χ3v) is 5.38. The number of benzene rings is 1. The Morgan fingerprint density at radius 2 is 1.78 bits per heavy atom. The van der Waals surface area contributed by atoms with Gasteiger partial charge in [-0.3, -0.25) is 4.90 Å². The van der Waals surface area contributed by atoms with Crippen molar-refractivity contribution in [2.24, 2.45) is 7.05 Å². The summed E-state index contributed by atoms with van der Waals surface area (Å²) in [5.74, 6) is 1.29. The third-order valence-electron chi connectivity index (χ3n) is 5.38. The maximum Gasteiger partial charge on any atom is 0.416 e. The number of rotatable bonds is 3. The predicted octanol–water partition coefficient (Wildman–Crippen LogP) is 4.37. The minimum atomic E-state index is -4.28. The molecule has 0 saturated carbocycles. The number of nitrogens with zero attached hydrogens (tertiary/aromatic N) is 4. The third kappa shape index (κ3) is 3.69. The number of likely N-dealkylation sites (tertiary alicyclic amines) is 1. The van der Waals surface area contributed by atoms with Gasteiger partial charge in [0.05, 0.1) is 12.1 Å². The molecule has 4 nitrogen and oxygen atoms in total. The highest BCUT2D eigenvalue weighted by Gasteiger charge is 2.30. The zero-order valence-corrected chi connectivity index (χ0v) is 15.1. The molecular weight excluding hydrogens is 353 g/mol. The van der Waals surface area contributed by atoms with Crippen LogP contribution < -0.4 is 0 Å². The number of fused-ring (bicyclic) bond motifs is 1. The highest BCUT2D eigenvalue weighted by Crippen LogP contribution is 2.33. The van der Waals surface area contributed by atoms with Gasteiger partial charge in [0.25, 0.3) is 0 Å². The van der Waals surface area contributed by atoms with Crippen molar-refractivity contribution in [2.75, 3.05) is 13.1 Å². The van der Waals surface area contributed by atoms with Crippen LogP contribution in [0.15, 0.2) is 42.6 Å². The van der Waals surface area contributed by atoms with Crippen molar-refractivity contribution in [3.8, 4) is 0 Å².